The van der Waals surface area contributed by atoms with Gasteiger partial charge in [0.1, 0.15) is 0 Å². The van der Waals surface area contributed by atoms with Crippen molar-refractivity contribution in [3.8, 4) is 0 Å². The van der Waals surface area contributed by atoms with Gasteiger partial charge in [-0.15, -0.1) is 0 Å². The van der Waals surface area contributed by atoms with Crippen molar-refractivity contribution in [2.75, 3.05) is 6.61 Å². The standard InChI is InChI=1S/C26H39NO2Si/c1-20(2)25(27-22(4)28)18-21(3)19-29-30(26(5,6)7,23-14-10-8-11-15-23)24-16-12-9-13-17-24/h8-17,20-21,25H,18-19H2,1-7H3,(H,27,28)/t21-,25-/m1/s1. The van der Waals surface area contributed by atoms with Crippen molar-refractivity contribution >= 4 is 24.6 Å². The molecule has 164 valence electrons. The zero-order valence-corrected chi connectivity index (χ0v) is 20.7. The van der Waals surface area contributed by atoms with Crippen LogP contribution >= 0.6 is 0 Å². The summed E-state index contributed by atoms with van der Waals surface area (Å²) in [5.41, 5.74) is 0. The molecular formula is C26H39NO2Si. The van der Waals surface area contributed by atoms with Gasteiger partial charge in [0.15, 0.2) is 0 Å². The number of hydrogen-bond donors (Lipinski definition) is 1. The van der Waals surface area contributed by atoms with E-state index in [4.69, 9.17) is 4.43 Å². The van der Waals surface area contributed by atoms with Crippen LogP contribution in [0.25, 0.3) is 0 Å². The quantitative estimate of drug-likeness (QED) is 0.589. The summed E-state index contributed by atoms with van der Waals surface area (Å²) in [5, 5.41) is 5.70. The van der Waals surface area contributed by atoms with Crippen molar-refractivity contribution in [3.05, 3.63) is 60.7 Å². The Morgan fingerprint density at radius 2 is 1.40 bits per heavy atom. The zero-order chi connectivity index (χ0) is 22.4. The molecule has 0 fully saturated rings. The highest BCUT2D eigenvalue weighted by Gasteiger charge is 2.50. The van der Waals surface area contributed by atoms with Crippen molar-refractivity contribution in [2.45, 2.75) is 66.0 Å². The van der Waals surface area contributed by atoms with E-state index < -0.39 is 8.32 Å². The predicted octanol–water partition coefficient (Wildman–Crippen LogP) is 4.75. The molecule has 0 saturated carbocycles. The fourth-order valence-corrected chi connectivity index (χ4v) is 8.98. The lowest BCUT2D eigenvalue weighted by Crippen LogP contribution is -2.66. The highest BCUT2D eigenvalue weighted by Crippen LogP contribution is 2.37. The van der Waals surface area contributed by atoms with Gasteiger partial charge >= 0.3 is 0 Å². The van der Waals surface area contributed by atoms with Gasteiger partial charge in [-0.25, -0.2) is 0 Å². The van der Waals surface area contributed by atoms with Crippen molar-refractivity contribution in [2.24, 2.45) is 11.8 Å². The molecule has 0 aromatic heterocycles. The second-order valence-corrected chi connectivity index (χ2v) is 14.2. The van der Waals surface area contributed by atoms with Gasteiger partial charge in [0.2, 0.25) is 5.91 Å². The van der Waals surface area contributed by atoms with Crippen LogP contribution < -0.4 is 15.7 Å². The van der Waals surface area contributed by atoms with Crippen LogP contribution in [-0.2, 0) is 9.22 Å². The second-order valence-electron chi connectivity index (χ2n) is 9.87. The molecule has 2 atom stereocenters. The summed E-state index contributed by atoms with van der Waals surface area (Å²) in [6.07, 6.45) is 0.912. The molecule has 2 aromatic rings. The van der Waals surface area contributed by atoms with Gasteiger partial charge in [0.25, 0.3) is 8.32 Å². The summed E-state index contributed by atoms with van der Waals surface area (Å²) >= 11 is 0. The van der Waals surface area contributed by atoms with E-state index >= 15 is 0 Å². The molecule has 0 radical (unpaired) electrons. The normalized spacial score (nSPS) is 14.4. The molecule has 2 aromatic carbocycles. The molecule has 0 unspecified atom stereocenters. The Kier molecular flexibility index (Phi) is 8.45. The third kappa shape index (κ3) is 5.83. The molecule has 2 rings (SSSR count). The van der Waals surface area contributed by atoms with E-state index in [1.807, 2.05) is 0 Å². The van der Waals surface area contributed by atoms with Crippen LogP contribution in [0.4, 0.5) is 0 Å². The average molecular weight is 426 g/mol. The lowest BCUT2D eigenvalue weighted by molar-refractivity contribution is -0.120. The smallest absolute Gasteiger partial charge is 0.261 e. The highest BCUT2D eigenvalue weighted by atomic mass is 28.4. The van der Waals surface area contributed by atoms with Gasteiger partial charge in [-0.2, -0.15) is 0 Å². The monoisotopic (exact) mass is 425 g/mol. The Balaban J connectivity index is 2.36. The molecular weight excluding hydrogens is 386 g/mol. The van der Waals surface area contributed by atoms with Gasteiger partial charge in [-0.3, -0.25) is 4.79 Å². The first kappa shape index (κ1) is 24.4. The maximum Gasteiger partial charge on any atom is 0.261 e. The van der Waals surface area contributed by atoms with Crippen LogP contribution in [0.5, 0.6) is 0 Å². The van der Waals surface area contributed by atoms with Gasteiger partial charge < -0.3 is 9.74 Å². The Morgan fingerprint density at radius 1 is 0.933 bits per heavy atom. The van der Waals surface area contributed by atoms with Crippen LogP contribution in [0.15, 0.2) is 60.7 Å². The third-order valence-corrected chi connectivity index (χ3v) is 10.9. The molecule has 3 nitrogen and oxygen atoms in total. The van der Waals surface area contributed by atoms with E-state index in [1.54, 1.807) is 6.92 Å². The summed E-state index contributed by atoms with van der Waals surface area (Å²) in [4.78, 5) is 11.6. The van der Waals surface area contributed by atoms with Gasteiger partial charge in [0, 0.05) is 19.6 Å². The number of carbonyl (C=O) groups excluding carboxylic acids is 1. The summed E-state index contributed by atoms with van der Waals surface area (Å²) < 4.78 is 7.04. The molecule has 4 heteroatoms. The van der Waals surface area contributed by atoms with Crippen molar-refractivity contribution in [3.63, 3.8) is 0 Å². The average Bonchev–Trinajstić information content (AvgIpc) is 2.68. The number of benzene rings is 2. The zero-order valence-electron chi connectivity index (χ0n) is 19.7. The van der Waals surface area contributed by atoms with Crippen LogP contribution in [0.3, 0.4) is 0 Å². The first-order chi connectivity index (χ1) is 14.1. The molecule has 0 bridgehead atoms. The lowest BCUT2D eigenvalue weighted by Gasteiger charge is -2.43. The minimum Gasteiger partial charge on any atom is -0.407 e. The predicted molar refractivity (Wildman–Crippen MR) is 130 cm³/mol. The molecule has 1 amide bonds. The van der Waals surface area contributed by atoms with Gasteiger partial charge in [-0.05, 0) is 33.7 Å². The van der Waals surface area contributed by atoms with Crippen molar-refractivity contribution in [1.29, 1.82) is 0 Å². The fraction of sp³-hybridized carbons (Fsp3) is 0.500. The molecule has 1 N–H and O–H groups in total. The van der Waals surface area contributed by atoms with Crippen LogP contribution in [0.1, 0.15) is 54.9 Å². The van der Waals surface area contributed by atoms with Crippen LogP contribution in [0, 0.1) is 11.8 Å². The van der Waals surface area contributed by atoms with E-state index in [2.05, 4.69) is 108 Å². The van der Waals surface area contributed by atoms with Gasteiger partial charge in [0.05, 0.1) is 0 Å². The Labute approximate surface area is 184 Å². The Morgan fingerprint density at radius 3 is 1.77 bits per heavy atom. The first-order valence-electron chi connectivity index (χ1n) is 11.1. The van der Waals surface area contributed by atoms with E-state index in [0.29, 0.717) is 18.4 Å². The fourth-order valence-electron chi connectivity index (χ4n) is 4.29. The largest absolute Gasteiger partial charge is 0.407 e. The SMILES string of the molecule is CC(=O)N[C@H](C[C@@H](C)CO[Si](c1ccccc1)(c1ccccc1)C(C)(C)C)C(C)C. The molecule has 30 heavy (non-hydrogen) atoms. The van der Waals surface area contributed by atoms with E-state index in [-0.39, 0.29) is 17.0 Å². The maximum atomic E-state index is 11.6. The third-order valence-electron chi connectivity index (χ3n) is 5.85. The summed E-state index contributed by atoms with van der Waals surface area (Å²) in [5.74, 6) is 0.768. The molecule has 0 aliphatic rings. The Bertz CT molecular complexity index is 744. The van der Waals surface area contributed by atoms with Crippen LogP contribution in [-0.4, -0.2) is 26.9 Å². The number of nitrogens with one attached hydrogen (secondary N) is 1. The van der Waals surface area contributed by atoms with E-state index in [1.165, 1.54) is 10.4 Å². The summed E-state index contributed by atoms with van der Waals surface area (Å²) in [6.45, 7) is 15.7. The minimum atomic E-state index is -2.51. The molecule has 0 heterocycles. The molecule has 0 aliphatic heterocycles. The van der Waals surface area contributed by atoms with Crippen molar-refractivity contribution < 1.29 is 9.22 Å². The molecule has 0 saturated heterocycles. The van der Waals surface area contributed by atoms with E-state index in [0.717, 1.165) is 6.42 Å². The summed E-state index contributed by atoms with van der Waals surface area (Å²) in [6, 6.07) is 21.7. The van der Waals surface area contributed by atoms with Crippen LogP contribution in [0.2, 0.25) is 5.04 Å². The lowest BCUT2D eigenvalue weighted by atomic mass is 9.94. The number of hydrogen-bond acceptors (Lipinski definition) is 2. The van der Waals surface area contributed by atoms with Gasteiger partial charge in [-0.1, -0.05) is 102 Å². The first-order valence-corrected chi connectivity index (χ1v) is 13.0. The maximum absolute atomic E-state index is 11.6. The topological polar surface area (TPSA) is 38.3 Å². The number of amides is 1. The number of rotatable bonds is 9. The molecule has 0 spiro atoms. The summed E-state index contributed by atoms with van der Waals surface area (Å²) in [7, 11) is -2.51. The highest BCUT2D eigenvalue weighted by molar-refractivity contribution is 6.99. The second kappa shape index (κ2) is 10.4. The minimum absolute atomic E-state index is 0.0233. The Hall–Kier alpha value is -1.91. The van der Waals surface area contributed by atoms with E-state index in [9.17, 15) is 4.79 Å². The molecule has 0 aliphatic carbocycles. The number of carbonyl (C=O) groups is 1. The van der Waals surface area contributed by atoms with Crippen molar-refractivity contribution in [1.82, 2.24) is 5.32 Å².